The molecule has 0 aliphatic rings. The summed E-state index contributed by atoms with van der Waals surface area (Å²) in [6, 6.07) is 10.4. The molecule has 96 valence electrons. The van der Waals surface area contributed by atoms with Crippen LogP contribution in [0.1, 0.15) is 18.7 Å². The predicted molar refractivity (Wildman–Crippen MR) is 81.8 cm³/mol. The van der Waals surface area contributed by atoms with Gasteiger partial charge in [-0.15, -0.1) is 11.3 Å². The van der Waals surface area contributed by atoms with Crippen molar-refractivity contribution in [3.05, 3.63) is 45.3 Å². The molecular formula is C14H15Cl2NS. The summed E-state index contributed by atoms with van der Waals surface area (Å²) in [6.07, 6.45) is 0. The number of hydrogen-bond donors (Lipinski definition) is 1. The van der Waals surface area contributed by atoms with Crippen molar-refractivity contribution in [1.82, 2.24) is 5.32 Å². The van der Waals surface area contributed by atoms with Crippen LogP contribution in [0.25, 0.3) is 10.4 Å². The lowest BCUT2D eigenvalue weighted by Crippen LogP contribution is -2.21. The summed E-state index contributed by atoms with van der Waals surface area (Å²) in [7, 11) is 0. The summed E-state index contributed by atoms with van der Waals surface area (Å²) in [4.78, 5) is 2.51. The second-order valence-corrected chi connectivity index (χ2v) is 6.50. The van der Waals surface area contributed by atoms with Crippen LogP contribution < -0.4 is 5.32 Å². The molecule has 1 nitrogen and oxygen atoms in total. The van der Waals surface area contributed by atoms with Gasteiger partial charge in [0.1, 0.15) is 0 Å². The van der Waals surface area contributed by atoms with E-state index in [2.05, 4.69) is 31.3 Å². The number of benzene rings is 1. The van der Waals surface area contributed by atoms with Crippen molar-refractivity contribution in [3.8, 4) is 10.4 Å². The van der Waals surface area contributed by atoms with E-state index in [4.69, 9.17) is 23.2 Å². The van der Waals surface area contributed by atoms with Gasteiger partial charge in [-0.3, -0.25) is 0 Å². The van der Waals surface area contributed by atoms with Crippen LogP contribution in [0.15, 0.2) is 30.3 Å². The van der Waals surface area contributed by atoms with Crippen LogP contribution in [0, 0.1) is 0 Å². The van der Waals surface area contributed by atoms with Crippen molar-refractivity contribution in [3.63, 3.8) is 0 Å². The first-order valence-corrected chi connectivity index (χ1v) is 7.40. The molecule has 4 heteroatoms. The molecule has 0 saturated heterocycles. The monoisotopic (exact) mass is 299 g/mol. The summed E-state index contributed by atoms with van der Waals surface area (Å²) < 4.78 is 0. The minimum atomic E-state index is 0.496. The Morgan fingerprint density at radius 2 is 1.78 bits per heavy atom. The molecule has 2 rings (SSSR count). The van der Waals surface area contributed by atoms with Crippen molar-refractivity contribution >= 4 is 34.5 Å². The van der Waals surface area contributed by atoms with Gasteiger partial charge in [-0.2, -0.15) is 0 Å². The normalized spacial score (nSPS) is 11.2. The average molecular weight is 300 g/mol. The molecule has 0 aliphatic heterocycles. The van der Waals surface area contributed by atoms with Gasteiger partial charge in [0.15, 0.2) is 0 Å². The summed E-state index contributed by atoms with van der Waals surface area (Å²) in [5, 5.41) is 4.76. The molecule has 0 fully saturated rings. The molecule has 0 spiro atoms. The lowest BCUT2D eigenvalue weighted by Gasteiger charge is -2.05. The first-order chi connectivity index (χ1) is 8.54. The Hall–Kier alpha value is -0.540. The zero-order chi connectivity index (χ0) is 13.1. The zero-order valence-electron chi connectivity index (χ0n) is 10.3. The van der Waals surface area contributed by atoms with Crippen LogP contribution in [0.5, 0.6) is 0 Å². The topological polar surface area (TPSA) is 12.0 Å². The van der Waals surface area contributed by atoms with Crippen LogP contribution in [0.2, 0.25) is 10.0 Å². The van der Waals surface area contributed by atoms with Crippen molar-refractivity contribution in [2.24, 2.45) is 0 Å². The van der Waals surface area contributed by atoms with Gasteiger partial charge < -0.3 is 5.32 Å². The molecular weight excluding hydrogens is 285 g/mol. The molecule has 0 unspecified atom stereocenters. The van der Waals surface area contributed by atoms with E-state index in [-0.39, 0.29) is 0 Å². The third kappa shape index (κ3) is 3.72. The molecule has 0 radical (unpaired) electrons. The molecule has 1 aromatic carbocycles. The highest BCUT2D eigenvalue weighted by Gasteiger charge is 2.05. The minimum Gasteiger partial charge on any atom is -0.310 e. The van der Waals surface area contributed by atoms with Gasteiger partial charge in [0.25, 0.3) is 0 Å². The number of thiophene rings is 1. The second kappa shape index (κ2) is 6.07. The van der Waals surface area contributed by atoms with Crippen molar-refractivity contribution in [1.29, 1.82) is 0 Å². The SMILES string of the molecule is CC(C)NCc1ccc(-c2cc(Cl)cc(Cl)c2)s1. The van der Waals surface area contributed by atoms with Gasteiger partial charge in [-0.1, -0.05) is 37.0 Å². The number of nitrogens with one attached hydrogen (secondary N) is 1. The van der Waals surface area contributed by atoms with E-state index in [1.54, 1.807) is 17.4 Å². The Balaban J connectivity index is 2.18. The van der Waals surface area contributed by atoms with Crippen LogP contribution in [-0.2, 0) is 6.54 Å². The van der Waals surface area contributed by atoms with Gasteiger partial charge in [0.05, 0.1) is 0 Å². The van der Waals surface area contributed by atoms with Crippen LogP contribution >= 0.6 is 34.5 Å². The molecule has 0 saturated carbocycles. The molecule has 1 heterocycles. The van der Waals surface area contributed by atoms with Crippen LogP contribution in [0.3, 0.4) is 0 Å². The van der Waals surface area contributed by atoms with Gasteiger partial charge in [0, 0.05) is 32.4 Å². The highest BCUT2D eigenvalue weighted by atomic mass is 35.5. The number of hydrogen-bond acceptors (Lipinski definition) is 2. The highest BCUT2D eigenvalue weighted by Crippen LogP contribution is 2.32. The van der Waals surface area contributed by atoms with Gasteiger partial charge in [0.2, 0.25) is 0 Å². The Morgan fingerprint density at radius 1 is 1.11 bits per heavy atom. The lowest BCUT2D eigenvalue weighted by molar-refractivity contribution is 0.593. The summed E-state index contributed by atoms with van der Waals surface area (Å²) in [6.45, 7) is 5.19. The van der Waals surface area contributed by atoms with Gasteiger partial charge in [-0.05, 0) is 35.9 Å². The maximum absolute atomic E-state index is 6.02. The highest BCUT2D eigenvalue weighted by molar-refractivity contribution is 7.15. The summed E-state index contributed by atoms with van der Waals surface area (Å²) in [5.41, 5.74) is 1.08. The maximum atomic E-state index is 6.02. The van der Waals surface area contributed by atoms with E-state index >= 15 is 0 Å². The Bertz CT molecular complexity index is 514. The fraction of sp³-hybridized carbons (Fsp3) is 0.286. The molecule has 0 amide bonds. The second-order valence-electron chi connectivity index (χ2n) is 4.46. The minimum absolute atomic E-state index is 0.496. The van der Waals surface area contributed by atoms with E-state index in [1.165, 1.54) is 9.75 Å². The molecule has 1 aromatic heterocycles. The largest absolute Gasteiger partial charge is 0.310 e. The van der Waals surface area contributed by atoms with Crippen molar-refractivity contribution < 1.29 is 0 Å². The third-order valence-electron chi connectivity index (χ3n) is 2.49. The average Bonchev–Trinajstić information content (AvgIpc) is 2.73. The van der Waals surface area contributed by atoms with E-state index < -0.39 is 0 Å². The first kappa shape index (κ1) is 13.9. The quantitative estimate of drug-likeness (QED) is 0.816. The Labute approximate surface area is 122 Å². The standard InChI is InChI=1S/C14H15Cl2NS/c1-9(2)17-8-13-3-4-14(18-13)10-5-11(15)7-12(16)6-10/h3-7,9,17H,8H2,1-2H3. The van der Waals surface area contributed by atoms with Crippen molar-refractivity contribution in [2.75, 3.05) is 0 Å². The predicted octanol–water partition coefficient (Wildman–Crippen LogP) is 5.22. The van der Waals surface area contributed by atoms with Crippen LogP contribution in [0.4, 0.5) is 0 Å². The van der Waals surface area contributed by atoms with Gasteiger partial charge in [-0.25, -0.2) is 0 Å². The summed E-state index contributed by atoms with van der Waals surface area (Å²) in [5.74, 6) is 0. The van der Waals surface area contributed by atoms with E-state index in [0.29, 0.717) is 16.1 Å². The van der Waals surface area contributed by atoms with E-state index in [0.717, 1.165) is 12.1 Å². The molecule has 1 N–H and O–H groups in total. The lowest BCUT2D eigenvalue weighted by atomic mass is 10.2. The first-order valence-electron chi connectivity index (χ1n) is 5.83. The third-order valence-corrected chi connectivity index (χ3v) is 4.06. The smallest absolute Gasteiger partial charge is 0.0427 e. The van der Waals surface area contributed by atoms with Crippen LogP contribution in [-0.4, -0.2) is 6.04 Å². The number of rotatable bonds is 4. The van der Waals surface area contributed by atoms with E-state index in [1.807, 2.05) is 12.1 Å². The molecule has 2 aromatic rings. The Morgan fingerprint density at radius 3 is 2.39 bits per heavy atom. The molecule has 0 aliphatic carbocycles. The Kier molecular flexibility index (Phi) is 4.68. The maximum Gasteiger partial charge on any atom is 0.0427 e. The van der Waals surface area contributed by atoms with Gasteiger partial charge >= 0.3 is 0 Å². The fourth-order valence-electron chi connectivity index (χ4n) is 1.63. The van der Waals surface area contributed by atoms with E-state index in [9.17, 15) is 0 Å². The zero-order valence-corrected chi connectivity index (χ0v) is 12.7. The fourth-order valence-corrected chi connectivity index (χ4v) is 3.10. The summed E-state index contributed by atoms with van der Waals surface area (Å²) >= 11 is 13.8. The van der Waals surface area contributed by atoms with Crippen molar-refractivity contribution in [2.45, 2.75) is 26.4 Å². The molecule has 0 bridgehead atoms. The number of halogens is 2. The molecule has 0 atom stereocenters. The molecule has 18 heavy (non-hydrogen) atoms.